The first kappa shape index (κ1) is 17.2. The number of hydrogen-bond acceptors (Lipinski definition) is 5. The molecule has 0 saturated heterocycles. The van der Waals surface area contributed by atoms with E-state index >= 15 is 0 Å². The molecule has 4 aromatic rings. The summed E-state index contributed by atoms with van der Waals surface area (Å²) in [6.45, 7) is 0. The molecule has 2 N–H and O–H groups in total. The molecule has 2 aromatic carbocycles. The number of benzene rings is 2. The minimum atomic E-state index is -0.368. The highest BCUT2D eigenvalue weighted by Crippen LogP contribution is 2.32. The van der Waals surface area contributed by atoms with Gasteiger partial charge in [-0.15, -0.1) is 0 Å². The fourth-order valence-corrected chi connectivity index (χ4v) is 3.19. The Bertz CT molecular complexity index is 1160. The molecule has 4 rings (SSSR count). The second-order valence-electron chi connectivity index (χ2n) is 5.85. The predicted octanol–water partition coefficient (Wildman–Crippen LogP) is 4.47. The molecule has 0 spiro atoms. The number of anilines is 2. The molecule has 134 valence electrons. The number of nitrogens with zero attached hydrogens (tertiary/aromatic N) is 2. The van der Waals surface area contributed by atoms with E-state index < -0.39 is 0 Å². The molecule has 6 nitrogen and oxygen atoms in total. The van der Waals surface area contributed by atoms with Gasteiger partial charge in [-0.05, 0) is 30.3 Å². The monoisotopic (exact) mass is 378 g/mol. The van der Waals surface area contributed by atoms with Gasteiger partial charge >= 0.3 is 0 Å². The standard InChI is InChI=1S/C20H15ClN4O2/c1-27-25-20(26)16-7-3-6-14-17-11-22-9-8-15(17)19(24-18(14)16)23-13-5-2-4-12(21)10-13/h2-11H,1H3,(H,23,24)(H,25,26). The van der Waals surface area contributed by atoms with Crippen LogP contribution in [0.4, 0.5) is 11.5 Å². The van der Waals surface area contributed by atoms with E-state index in [4.69, 9.17) is 21.4 Å². The van der Waals surface area contributed by atoms with E-state index in [1.807, 2.05) is 36.4 Å². The third-order valence-electron chi connectivity index (χ3n) is 4.15. The van der Waals surface area contributed by atoms with Crippen molar-refractivity contribution in [3.63, 3.8) is 0 Å². The van der Waals surface area contributed by atoms with E-state index in [9.17, 15) is 4.79 Å². The molecule has 2 heterocycles. The van der Waals surface area contributed by atoms with Crippen molar-refractivity contribution in [3.05, 3.63) is 71.5 Å². The number of halogens is 1. The van der Waals surface area contributed by atoms with E-state index in [0.29, 0.717) is 21.9 Å². The summed E-state index contributed by atoms with van der Waals surface area (Å²) in [4.78, 5) is 26.1. The predicted molar refractivity (Wildman–Crippen MR) is 106 cm³/mol. The number of pyridine rings is 2. The van der Waals surface area contributed by atoms with Gasteiger partial charge in [-0.1, -0.05) is 29.8 Å². The second kappa shape index (κ2) is 7.19. The summed E-state index contributed by atoms with van der Waals surface area (Å²) >= 11 is 6.09. The van der Waals surface area contributed by atoms with Crippen LogP contribution < -0.4 is 10.8 Å². The average molecular weight is 379 g/mol. The molecule has 0 atom stereocenters. The lowest BCUT2D eigenvalue weighted by molar-refractivity contribution is 0.0539. The molecule has 0 radical (unpaired) electrons. The molecule has 0 fully saturated rings. The third kappa shape index (κ3) is 3.28. The van der Waals surface area contributed by atoms with Gasteiger partial charge in [-0.25, -0.2) is 10.5 Å². The quantitative estimate of drug-likeness (QED) is 0.404. The molecule has 1 amide bonds. The van der Waals surface area contributed by atoms with Gasteiger partial charge in [0.2, 0.25) is 0 Å². The number of hydrogen-bond donors (Lipinski definition) is 2. The lowest BCUT2D eigenvalue weighted by atomic mass is 10.0. The van der Waals surface area contributed by atoms with Gasteiger partial charge in [0.25, 0.3) is 5.91 Å². The van der Waals surface area contributed by atoms with E-state index in [2.05, 4.69) is 15.8 Å². The molecule has 0 bridgehead atoms. The zero-order valence-electron chi connectivity index (χ0n) is 14.4. The lowest BCUT2D eigenvalue weighted by Gasteiger charge is -2.13. The molecule has 2 aromatic heterocycles. The van der Waals surface area contributed by atoms with Crippen LogP contribution in [0.15, 0.2) is 60.9 Å². The van der Waals surface area contributed by atoms with Crippen molar-refractivity contribution in [1.82, 2.24) is 15.4 Å². The summed E-state index contributed by atoms with van der Waals surface area (Å²) in [6, 6.07) is 14.7. The maximum atomic E-state index is 12.4. The first-order valence-electron chi connectivity index (χ1n) is 8.20. The van der Waals surface area contributed by atoms with Crippen molar-refractivity contribution >= 4 is 50.7 Å². The molecule has 27 heavy (non-hydrogen) atoms. The molecular weight excluding hydrogens is 364 g/mol. The van der Waals surface area contributed by atoms with Crippen LogP contribution in [0.5, 0.6) is 0 Å². The number of carbonyl (C=O) groups excluding carboxylic acids is 1. The third-order valence-corrected chi connectivity index (χ3v) is 4.39. The zero-order chi connectivity index (χ0) is 18.8. The minimum absolute atomic E-state index is 0.368. The summed E-state index contributed by atoms with van der Waals surface area (Å²) in [5.41, 5.74) is 4.11. The Morgan fingerprint density at radius 1 is 1.07 bits per heavy atom. The fourth-order valence-electron chi connectivity index (χ4n) is 3.00. The Morgan fingerprint density at radius 3 is 2.74 bits per heavy atom. The molecule has 7 heteroatoms. The van der Waals surface area contributed by atoms with E-state index in [0.717, 1.165) is 21.8 Å². The fraction of sp³-hybridized carbons (Fsp3) is 0.0500. The van der Waals surface area contributed by atoms with E-state index in [-0.39, 0.29) is 5.91 Å². The SMILES string of the molecule is CONC(=O)c1cccc2c1nc(Nc1cccc(Cl)c1)c1ccncc12. The Labute approximate surface area is 160 Å². The van der Waals surface area contributed by atoms with Gasteiger partial charge < -0.3 is 5.32 Å². The summed E-state index contributed by atoms with van der Waals surface area (Å²) in [5.74, 6) is 0.243. The topological polar surface area (TPSA) is 76.1 Å². The Kier molecular flexibility index (Phi) is 4.58. The van der Waals surface area contributed by atoms with Crippen molar-refractivity contribution < 1.29 is 9.63 Å². The van der Waals surface area contributed by atoms with Crippen molar-refractivity contribution in [3.8, 4) is 0 Å². The number of hydroxylamine groups is 1. The lowest BCUT2D eigenvalue weighted by Crippen LogP contribution is -2.22. The normalized spacial score (nSPS) is 10.9. The van der Waals surface area contributed by atoms with Crippen LogP contribution in [0.3, 0.4) is 0 Å². The molecule has 0 aliphatic carbocycles. The van der Waals surface area contributed by atoms with E-state index in [1.54, 1.807) is 24.5 Å². The van der Waals surface area contributed by atoms with Crippen molar-refractivity contribution in [2.24, 2.45) is 0 Å². The van der Waals surface area contributed by atoms with Crippen LogP contribution in [0.1, 0.15) is 10.4 Å². The largest absolute Gasteiger partial charge is 0.340 e. The van der Waals surface area contributed by atoms with Gasteiger partial charge in [-0.3, -0.25) is 14.6 Å². The van der Waals surface area contributed by atoms with E-state index in [1.165, 1.54) is 7.11 Å². The highest BCUT2D eigenvalue weighted by molar-refractivity contribution is 6.30. The van der Waals surface area contributed by atoms with Crippen LogP contribution in [-0.4, -0.2) is 23.0 Å². The Morgan fingerprint density at radius 2 is 1.93 bits per heavy atom. The second-order valence-corrected chi connectivity index (χ2v) is 6.29. The number of carbonyl (C=O) groups is 1. The molecule has 0 saturated carbocycles. The average Bonchev–Trinajstić information content (AvgIpc) is 2.68. The first-order chi connectivity index (χ1) is 13.2. The van der Waals surface area contributed by atoms with Gasteiger partial charge in [-0.2, -0.15) is 0 Å². The van der Waals surface area contributed by atoms with Gasteiger partial charge in [0.1, 0.15) is 5.82 Å². The molecule has 0 unspecified atom stereocenters. The molecular formula is C20H15ClN4O2. The smallest absolute Gasteiger partial charge is 0.277 e. The highest BCUT2D eigenvalue weighted by Gasteiger charge is 2.15. The zero-order valence-corrected chi connectivity index (χ0v) is 15.1. The molecule has 0 aliphatic rings. The summed E-state index contributed by atoms with van der Waals surface area (Å²) in [7, 11) is 1.39. The number of nitrogens with one attached hydrogen (secondary N) is 2. The maximum absolute atomic E-state index is 12.4. The van der Waals surface area contributed by atoms with Gasteiger partial charge in [0.05, 0.1) is 18.2 Å². The van der Waals surface area contributed by atoms with Crippen molar-refractivity contribution in [2.45, 2.75) is 0 Å². The van der Waals surface area contributed by atoms with Crippen LogP contribution >= 0.6 is 11.6 Å². The van der Waals surface area contributed by atoms with Crippen molar-refractivity contribution in [1.29, 1.82) is 0 Å². The van der Waals surface area contributed by atoms with Gasteiger partial charge in [0, 0.05) is 39.3 Å². The number of amides is 1. The van der Waals surface area contributed by atoms with Crippen molar-refractivity contribution in [2.75, 3.05) is 12.4 Å². The highest BCUT2D eigenvalue weighted by atomic mass is 35.5. The van der Waals surface area contributed by atoms with Crippen LogP contribution in [-0.2, 0) is 4.84 Å². The first-order valence-corrected chi connectivity index (χ1v) is 8.57. The number of aromatic nitrogens is 2. The van der Waals surface area contributed by atoms with Crippen LogP contribution in [0, 0.1) is 0 Å². The van der Waals surface area contributed by atoms with Crippen LogP contribution in [0.2, 0.25) is 5.02 Å². The summed E-state index contributed by atoms with van der Waals surface area (Å²) < 4.78 is 0. The molecule has 0 aliphatic heterocycles. The van der Waals surface area contributed by atoms with Crippen LogP contribution in [0.25, 0.3) is 21.7 Å². The number of rotatable bonds is 4. The Balaban J connectivity index is 1.96. The minimum Gasteiger partial charge on any atom is -0.340 e. The summed E-state index contributed by atoms with van der Waals surface area (Å²) in [6.07, 6.45) is 3.47. The summed E-state index contributed by atoms with van der Waals surface area (Å²) in [5, 5.41) is 6.52. The number of fused-ring (bicyclic) bond motifs is 3. The maximum Gasteiger partial charge on any atom is 0.277 e. The number of para-hydroxylation sites is 1. The Hall–Kier alpha value is -3.22. The van der Waals surface area contributed by atoms with Gasteiger partial charge in [0.15, 0.2) is 0 Å².